The maximum Gasteiger partial charge on any atom is 0.220 e. The third-order valence-electron chi connectivity index (χ3n) is 10.6. The fraction of sp³-hybridized carbons (Fsp3) is 0.902. The third kappa shape index (κ3) is 16.1. The van der Waals surface area contributed by atoms with Gasteiger partial charge >= 0.3 is 0 Å². The summed E-state index contributed by atoms with van der Waals surface area (Å²) in [5, 5.41) is 33.7. The lowest BCUT2D eigenvalue weighted by Crippen LogP contribution is -2.72. The van der Waals surface area contributed by atoms with Crippen LogP contribution in [0.1, 0.15) is 219 Å². The standard InChI is InChI=1S/C41H74O7/c1-3-5-7-9-11-13-15-17-19-21-23-25-27-29-31-35(42)39(46)41(48,40(47)37(44)33-34-38(40)45)36(43)32-30-28-26-24-22-20-18-16-14-12-10-8-6-4-2/h39,46-48H,3-34H2,1-2H3. The SMILES string of the molecule is CCCCCCCCCCCCCCCCC(=O)C(O)C(O)(C(=O)CCCCCCCCCCCCCCCC)C1(O)C(=O)CCC1=O. The van der Waals surface area contributed by atoms with Crippen LogP contribution in [-0.4, -0.2) is 55.8 Å². The molecule has 0 aromatic carbocycles. The molecule has 0 heterocycles. The molecule has 280 valence electrons. The second kappa shape index (κ2) is 27.3. The van der Waals surface area contributed by atoms with E-state index in [1.165, 1.54) is 116 Å². The van der Waals surface area contributed by atoms with Crippen molar-refractivity contribution in [3.8, 4) is 0 Å². The summed E-state index contributed by atoms with van der Waals surface area (Å²) in [6.07, 6.45) is 28.6. The van der Waals surface area contributed by atoms with E-state index >= 15 is 0 Å². The maximum absolute atomic E-state index is 13.4. The number of hydrogen-bond acceptors (Lipinski definition) is 7. The Morgan fingerprint density at radius 1 is 0.542 bits per heavy atom. The van der Waals surface area contributed by atoms with Gasteiger partial charge in [-0.1, -0.05) is 181 Å². The third-order valence-corrected chi connectivity index (χ3v) is 10.6. The van der Waals surface area contributed by atoms with Gasteiger partial charge in [-0.25, -0.2) is 0 Å². The highest BCUT2D eigenvalue weighted by Gasteiger charge is 2.69. The fourth-order valence-corrected chi connectivity index (χ4v) is 7.26. The predicted molar refractivity (Wildman–Crippen MR) is 195 cm³/mol. The summed E-state index contributed by atoms with van der Waals surface area (Å²) in [6.45, 7) is 4.47. The van der Waals surface area contributed by atoms with E-state index in [0.717, 1.165) is 44.9 Å². The van der Waals surface area contributed by atoms with Gasteiger partial charge in [0.15, 0.2) is 34.8 Å². The predicted octanol–water partition coefficient (Wildman–Crippen LogP) is 9.62. The van der Waals surface area contributed by atoms with Gasteiger partial charge in [-0.2, -0.15) is 0 Å². The minimum absolute atomic E-state index is 0.0912. The molecule has 1 fully saturated rings. The van der Waals surface area contributed by atoms with Crippen molar-refractivity contribution in [2.75, 3.05) is 0 Å². The lowest BCUT2D eigenvalue weighted by atomic mass is 9.70. The number of hydrogen-bond donors (Lipinski definition) is 3. The van der Waals surface area contributed by atoms with Crippen molar-refractivity contribution in [1.29, 1.82) is 0 Å². The van der Waals surface area contributed by atoms with E-state index in [9.17, 15) is 34.5 Å². The average molecular weight is 679 g/mol. The Balaban J connectivity index is 2.41. The number of Topliss-reactive ketones (excluding diaryl/α,β-unsaturated/α-hetero) is 4. The fourth-order valence-electron chi connectivity index (χ4n) is 7.26. The molecule has 3 N–H and O–H groups in total. The zero-order chi connectivity index (χ0) is 35.5. The van der Waals surface area contributed by atoms with Gasteiger partial charge in [0.05, 0.1) is 0 Å². The Morgan fingerprint density at radius 2 is 0.812 bits per heavy atom. The first kappa shape index (κ1) is 44.6. The van der Waals surface area contributed by atoms with Gasteiger partial charge in [0, 0.05) is 25.7 Å². The van der Waals surface area contributed by atoms with Gasteiger partial charge in [-0.3, -0.25) is 19.2 Å². The van der Waals surface area contributed by atoms with Crippen LogP contribution in [0.25, 0.3) is 0 Å². The summed E-state index contributed by atoms with van der Waals surface area (Å²) in [6, 6.07) is 0. The monoisotopic (exact) mass is 679 g/mol. The molecule has 0 spiro atoms. The lowest BCUT2D eigenvalue weighted by Gasteiger charge is -2.40. The molecule has 1 saturated carbocycles. The Bertz CT molecular complexity index is 868. The normalized spacial score (nSPS) is 16.4. The van der Waals surface area contributed by atoms with E-state index in [-0.39, 0.29) is 25.7 Å². The molecule has 0 saturated heterocycles. The highest BCUT2D eigenvalue weighted by molar-refractivity contribution is 6.21. The number of rotatable bonds is 34. The van der Waals surface area contributed by atoms with Gasteiger partial charge in [-0.05, 0) is 12.8 Å². The minimum atomic E-state index is -3.15. The van der Waals surface area contributed by atoms with E-state index < -0.39 is 40.4 Å². The number of unbranched alkanes of at least 4 members (excludes halogenated alkanes) is 26. The van der Waals surface area contributed by atoms with Crippen LogP contribution in [0.15, 0.2) is 0 Å². The summed E-state index contributed by atoms with van der Waals surface area (Å²) in [4.78, 5) is 51.8. The van der Waals surface area contributed by atoms with Crippen LogP contribution in [0, 0.1) is 0 Å². The molecule has 2 atom stereocenters. The van der Waals surface area contributed by atoms with E-state index in [1.807, 2.05) is 0 Å². The molecule has 2 unspecified atom stereocenters. The number of carbonyl (C=O) groups excluding carboxylic acids is 4. The average Bonchev–Trinajstić information content (AvgIpc) is 3.35. The molecule has 0 aromatic heterocycles. The van der Waals surface area contributed by atoms with E-state index in [1.54, 1.807) is 0 Å². The van der Waals surface area contributed by atoms with Gasteiger partial charge in [0.2, 0.25) is 5.60 Å². The maximum atomic E-state index is 13.4. The van der Waals surface area contributed by atoms with Crippen molar-refractivity contribution in [2.45, 2.75) is 237 Å². The minimum Gasteiger partial charge on any atom is -0.382 e. The molecule has 1 aliphatic carbocycles. The van der Waals surface area contributed by atoms with Crippen LogP contribution in [0.2, 0.25) is 0 Å². The summed E-state index contributed by atoms with van der Waals surface area (Å²) in [5.74, 6) is -3.83. The second-order valence-electron chi connectivity index (χ2n) is 14.8. The Morgan fingerprint density at radius 3 is 1.12 bits per heavy atom. The molecule has 0 aromatic rings. The highest BCUT2D eigenvalue weighted by Crippen LogP contribution is 2.38. The quantitative estimate of drug-likeness (QED) is 0.0456. The molecule has 1 rings (SSSR count). The summed E-state index contributed by atoms with van der Waals surface area (Å²) < 4.78 is 0. The second-order valence-corrected chi connectivity index (χ2v) is 14.8. The molecule has 48 heavy (non-hydrogen) atoms. The van der Waals surface area contributed by atoms with Crippen LogP contribution in [0.5, 0.6) is 0 Å². The number of aliphatic hydroxyl groups excluding tert-OH is 1. The van der Waals surface area contributed by atoms with Crippen molar-refractivity contribution in [2.24, 2.45) is 0 Å². The molecule has 1 aliphatic rings. The number of aliphatic hydroxyl groups is 3. The van der Waals surface area contributed by atoms with Crippen molar-refractivity contribution in [1.82, 2.24) is 0 Å². The number of ketones is 4. The van der Waals surface area contributed by atoms with Crippen molar-refractivity contribution in [3.05, 3.63) is 0 Å². The first-order valence-corrected chi connectivity index (χ1v) is 20.4. The van der Waals surface area contributed by atoms with E-state index in [4.69, 9.17) is 0 Å². The van der Waals surface area contributed by atoms with Crippen LogP contribution < -0.4 is 0 Å². The first-order valence-electron chi connectivity index (χ1n) is 20.4. The molecule has 0 bridgehead atoms. The van der Waals surface area contributed by atoms with Crippen LogP contribution in [0.4, 0.5) is 0 Å². The van der Waals surface area contributed by atoms with Gasteiger partial charge in [0.25, 0.3) is 0 Å². The van der Waals surface area contributed by atoms with Gasteiger partial charge in [-0.15, -0.1) is 0 Å². The summed E-state index contributed by atoms with van der Waals surface area (Å²) >= 11 is 0. The highest BCUT2D eigenvalue weighted by atomic mass is 16.4. The Kier molecular flexibility index (Phi) is 25.4. The van der Waals surface area contributed by atoms with E-state index in [0.29, 0.717) is 19.3 Å². The smallest absolute Gasteiger partial charge is 0.220 e. The molecule has 0 aliphatic heterocycles. The van der Waals surface area contributed by atoms with Crippen molar-refractivity contribution < 1.29 is 34.5 Å². The molecule has 7 heteroatoms. The zero-order valence-corrected chi connectivity index (χ0v) is 31.2. The van der Waals surface area contributed by atoms with Crippen LogP contribution >= 0.6 is 0 Å². The van der Waals surface area contributed by atoms with Crippen molar-refractivity contribution >= 4 is 23.1 Å². The Hall–Kier alpha value is -1.44. The zero-order valence-electron chi connectivity index (χ0n) is 31.2. The number of carbonyl (C=O) groups is 4. The summed E-state index contributed by atoms with van der Waals surface area (Å²) in [5.41, 5.74) is -6.23. The van der Waals surface area contributed by atoms with Crippen LogP contribution in [0.3, 0.4) is 0 Å². The van der Waals surface area contributed by atoms with E-state index in [2.05, 4.69) is 13.8 Å². The topological polar surface area (TPSA) is 129 Å². The molecule has 0 amide bonds. The first-order chi connectivity index (χ1) is 23.2. The molecule has 0 radical (unpaired) electrons. The van der Waals surface area contributed by atoms with Crippen molar-refractivity contribution in [3.63, 3.8) is 0 Å². The summed E-state index contributed by atoms with van der Waals surface area (Å²) in [7, 11) is 0. The lowest BCUT2D eigenvalue weighted by molar-refractivity contribution is -0.202. The Labute approximate surface area is 293 Å². The molecule has 7 nitrogen and oxygen atoms in total. The van der Waals surface area contributed by atoms with Gasteiger partial charge in [0.1, 0.15) is 0 Å². The largest absolute Gasteiger partial charge is 0.382 e. The van der Waals surface area contributed by atoms with Crippen LogP contribution in [-0.2, 0) is 19.2 Å². The molecular weight excluding hydrogens is 604 g/mol. The molecular formula is C41H74O7. The van der Waals surface area contributed by atoms with Gasteiger partial charge < -0.3 is 15.3 Å².